The predicted octanol–water partition coefficient (Wildman–Crippen LogP) is 2.80. The van der Waals surface area contributed by atoms with Crippen molar-refractivity contribution >= 4 is 23.2 Å². The third-order valence-corrected chi connectivity index (χ3v) is 6.68. The highest BCUT2D eigenvalue weighted by atomic mass is 79.9. The lowest BCUT2D eigenvalue weighted by Gasteiger charge is -2.14. The first-order chi connectivity index (χ1) is 3.48. The van der Waals surface area contributed by atoms with Crippen molar-refractivity contribution in [3.8, 4) is 0 Å². The van der Waals surface area contributed by atoms with E-state index in [2.05, 4.69) is 42.5 Å². The molecule has 0 rings (SSSR count). The fourth-order valence-corrected chi connectivity index (χ4v) is 0.949. The average molecular weight is 196 g/mol. The third kappa shape index (κ3) is 2.84. The van der Waals surface area contributed by atoms with Crippen LogP contribution in [-0.2, 0) is 0 Å². The smallest absolute Gasteiger partial charge is 0.0983 e. The summed E-state index contributed by atoms with van der Waals surface area (Å²) < 4.78 is 0.537. The van der Waals surface area contributed by atoms with Crippen LogP contribution in [0.3, 0.4) is 0 Å². The summed E-state index contributed by atoms with van der Waals surface area (Å²) in [6.07, 6.45) is 1.97. The number of rotatable bonds is 2. The molecule has 0 aliphatic heterocycles. The Hall–Kier alpha value is 0.650. The fourth-order valence-electron chi connectivity index (χ4n) is 0.316. The van der Waals surface area contributed by atoms with Gasteiger partial charge >= 0.3 is 0 Å². The summed E-state index contributed by atoms with van der Waals surface area (Å²) in [6.45, 7) is 10.6. The van der Waals surface area contributed by atoms with Gasteiger partial charge in [0, 0.05) is 27.3 Å². The molecular formula is C6H13BrP+. The van der Waals surface area contributed by atoms with E-state index < -0.39 is 7.26 Å². The van der Waals surface area contributed by atoms with Gasteiger partial charge in [0.25, 0.3) is 0 Å². The van der Waals surface area contributed by atoms with Crippen LogP contribution < -0.4 is 0 Å². The molecule has 2 heteroatoms. The molecule has 0 aromatic heterocycles. The Morgan fingerprint density at radius 3 is 1.88 bits per heavy atom. The van der Waals surface area contributed by atoms with E-state index in [-0.39, 0.29) is 0 Å². The normalized spacial score (nSPS) is 15.5. The van der Waals surface area contributed by atoms with Gasteiger partial charge in [0.2, 0.25) is 0 Å². The number of hydrogen-bond acceptors (Lipinski definition) is 0. The molecule has 0 N–H and O–H groups in total. The molecule has 1 atom stereocenters. The van der Waals surface area contributed by atoms with Crippen molar-refractivity contribution in [1.82, 2.24) is 0 Å². The van der Waals surface area contributed by atoms with Crippen molar-refractivity contribution in [2.75, 3.05) is 20.0 Å². The maximum absolute atomic E-state index is 3.71. The van der Waals surface area contributed by atoms with Crippen molar-refractivity contribution in [3.05, 3.63) is 12.7 Å². The predicted molar refractivity (Wildman–Crippen MR) is 47.6 cm³/mol. The Balaban J connectivity index is 3.80. The second-order valence-electron chi connectivity index (χ2n) is 2.72. The Morgan fingerprint density at radius 2 is 1.88 bits per heavy atom. The molecule has 1 unspecified atom stereocenters. The maximum atomic E-state index is 3.71. The van der Waals surface area contributed by atoms with E-state index >= 15 is 0 Å². The van der Waals surface area contributed by atoms with Crippen LogP contribution in [0, 0.1) is 0 Å². The molecule has 0 radical (unpaired) electrons. The lowest BCUT2D eigenvalue weighted by atomic mass is 10.8. The first-order valence-electron chi connectivity index (χ1n) is 2.56. The van der Waals surface area contributed by atoms with Crippen molar-refractivity contribution in [3.63, 3.8) is 0 Å². The monoisotopic (exact) mass is 195 g/mol. The van der Waals surface area contributed by atoms with Crippen LogP contribution >= 0.6 is 23.2 Å². The van der Waals surface area contributed by atoms with Crippen LogP contribution in [0.25, 0.3) is 0 Å². The molecule has 0 aliphatic carbocycles. The molecular weight excluding hydrogens is 183 g/mol. The topological polar surface area (TPSA) is 0 Å². The van der Waals surface area contributed by atoms with E-state index in [1.54, 1.807) is 0 Å². The Morgan fingerprint density at radius 1 is 1.50 bits per heavy atom. The van der Waals surface area contributed by atoms with Gasteiger partial charge in [-0.25, -0.2) is 0 Å². The van der Waals surface area contributed by atoms with Gasteiger partial charge in [-0.2, -0.15) is 0 Å². The molecule has 8 heavy (non-hydrogen) atoms. The SMILES string of the molecule is C=CC(Br)[P+](C)(C)C. The summed E-state index contributed by atoms with van der Waals surface area (Å²) in [6, 6.07) is 0. The second kappa shape index (κ2) is 2.98. The zero-order valence-corrected chi connectivity index (χ0v) is 8.17. The van der Waals surface area contributed by atoms with E-state index in [1.807, 2.05) is 6.08 Å². The Bertz CT molecular complexity index is 83.0. The summed E-state index contributed by atoms with van der Waals surface area (Å²) >= 11 is 3.53. The minimum absolute atomic E-state index is 0.537. The van der Waals surface area contributed by atoms with Crippen LogP contribution in [0.4, 0.5) is 0 Å². The molecule has 0 amide bonds. The molecule has 0 aliphatic rings. The molecule has 0 saturated carbocycles. The van der Waals surface area contributed by atoms with Gasteiger partial charge in [-0.3, -0.25) is 0 Å². The molecule has 0 nitrogen and oxygen atoms in total. The van der Waals surface area contributed by atoms with Crippen LogP contribution in [0.2, 0.25) is 0 Å². The van der Waals surface area contributed by atoms with Gasteiger partial charge in [-0.15, -0.1) is 0 Å². The Labute approximate surface area is 60.8 Å². The van der Waals surface area contributed by atoms with E-state index in [0.717, 1.165) is 0 Å². The highest BCUT2D eigenvalue weighted by Gasteiger charge is 2.24. The second-order valence-corrected chi connectivity index (χ2v) is 9.21. The van der Waals surface area contributed by atoms with E-state index in [9.17, 15) is 0 Å². The van der Waals surface area contributed by atoms with Crippen molar-refractivity contribution in [2.24, 2.45) is 0 Å². The minimum Gasteiger partial charge on any atom is -0.0983 e. The summed E-state index contributed by atoms with van der Waals surface area (Å²) in [5.41, 5.74) is 0. The van der Waals surface area contributed by atoms with Gasteiger partial charge in [0.1, 0.15) is 4.57 Å². The summed E-state index contributed by atoms with van der Waals surface area (Å²) in [4.78, 5) is 0. The largest absolute Gasteiger partial charge is 0.140 e. The molecule has 0 aromatic carbocycles. The lowest BCUT2D eigenvalue weighted by Crippen LogP contribution is -1.97. The van der Waals surface area contributed by atoms with Gasteiger partial charge in [-0.1, -0.05) is 6.58 Å². The van der Waals surface area contributed by atoms with Crippen LogP contribution in [0.15, 0.2) is 12.7 Å². The molecule has 0 bridgehead atoms. The third-order valence-electron chi connectivity index (χ3n) is 0.934. The van der Waals surface area contributed by atoms with Gasteiger partial charge in [-0.05, 0) is 22.0 Å². The summed E-state index contributed by atoms with van der Waals surface area (Å²) in [7, 11) is -0.708. The van der Waals surface area contributed by atoms with Crippen molar-refractivity contribution < 1.29 is 0 Å². The van der Waals surface area contributed by atoms with E-state index in [1.165, 1.54) is 0 Å². The number of allylic oxidation sites excluding steroid dienone is 1. The van der Waals surface area contributed by atoms with Crippen LogP contribution in [0.5, 0.6) is 0 Å². The summed E-state index contributed by atoms with van der Waals surface area (Å²) in [5, 5.41) is 0. The minimum atomic E-state index is -0.708. The molecule has 0 aromatic rings. The number of hydrogen-bond donors (Lipinski definition) is 0. The van der Waals surface area contributed by atoms with Crippen LogP contribution in [-0.4, -0.2) is 24.6 Å². The van der Waals surface area contributed by atoms with Gasteiger partial charge in [0.05, 0.1) is 0 Å². The first kappa shape index (κ1) is 8.65. The van der Waals surface area contributed by atoms with Crippen molar-refractivity contribution in [1.29, 1.82) is 0 Å². The van der Waals surface area contributed by atoms with Crippen LogP contribution in [0.1, 0.15) is 0 Å². The molecule has 0 saturated heterocycles. The highest BCUT2D eigenvalue weighted by molar-refractivity contribution is 9.11. The Kier molecular flexibility index (Phi) is 3.23. The average Bonchev–Trinajstić information content (AvgIpc) is 1.62. The van der Waals surface area contributed by atoms with Gasteiger partial charge < -0.3 is 0 Å². The van der Waals surface area contributed by atoms with Gasteiger partial charge in [0.15, 0.2) is 0 Å². The molecule has 48 valence electrons. The zero-order valence-electron chi connectivity index (χ0n) is 5.69. The molecule has 0 heterocycles. The van der Waals surface area contributed by atoms with Crippen molar-refractivity contribution in [2.45, 2.75) is 4.57 Å². The highest BCUT2D eigenvalue weighted by Crippen LogP contribution is 2.55. The quantitative estimate of drug-likeness (QED) is 0.362. The summed E-state index contributed by atoms with van der Waals surface area (Å²) in [5.74, 6) is 0. The fraction of sp³-hybridized carbons (Fsp3) is 0.667. The lowest BCUT2D eigenvalue weighted by molar-refractivity contribution is 1.61. The number of alkyl halides is 1. The molecule has 0 fully saturated rings. The van der Waals surface area contributed by atoms with E-state index in [0.29, 0.717) is 4.57 Å². The zero-order chi connectivity index (χ0) is 6.78. The molecule has 0 spiro atoms. The standard InChI is InChI=1S/C6H13BrP/c1-5-6(7)8(2,3)4/h5-6H,1H2,2-4H3/q+1. The number of halogens is 1. The first-order valence-corrected chi connectivity index (χ1v) is 6.67. The van der Waals surface area contributed by atoms with E-state index in [4.69, 9.17) is 0 Å². The maximum Gasteiger partial charge on any atom is 0.140 e.